The first-order valence-electron chi connectivity index (χ1n) is 4.24. The largest absolute Gasteiger partial charge is 0.385 e. The average Bonchev–Trinajstić information content (AvgIpc) is 2.18. The first-order valence-corrected chi connectivity index (χ1v) is 4.24. The highest BCUT2D eigenvalue weighted by Crippen LogP contribution is 2.09. The quantitative estimate of drug-likeness (QED) is 0.803. The van der Waals surface area contributed by atoms with Gasteiger partial charge in [0.2, 0.25) is 6.43 Å². The zero-order chi connectivity index (χ0) is 10.4. The third-order valence-corrected chi connectivity index (χ3v) is 1.71. The Kier molecular flexibility index (Phi) is 3.86. The van der Waals surface area contributed by atoms with Gasteiger partial charge in [0, 0.05) is 18.7 Å². The third-order valence-electron chi connectivity index (χ3n) is 1.71. The zero-order valence-electron chi connectivity index (χ0n) is 7.50. The van der Waals surface area contributed by atoms with Gasteiger partial charge >= 0.3 is 0 Å². The lowest BCUT2D eigenvalue weighted by atomic mass is 10.2. The van der Waals surface area contributed by atoms with Crippen LogP contribution in [0, 0.1) is 11.3 Å². The maximum absolute atomic E-state index is 11.8. The number of nitrogens with one attached hydrogen (secondary N) is 1. The van der Waals surface area contributed by atoms with Crippen LogP contribution in [-0.4, -0.2) is 13.0 Å². The molecule has 1 aromatic rings. The van der Waals surface area contributed by atoms with E-state index in [9.17, 15) is 8.78 Å². The van der Waals surface area contributed by atoms with Crippen LogP contribution in [0.5, 0.6) is 0 Å². The van der Waals surface area contributed by atoms with Gasteiger partial charge in [0.25, 0.3) is 0 Å². The monoisotopic (exact) mass is 196 g/mol. The molecular weight excluding hydrogens is 186 g/mol. The molecule has 2 nitrogen and oxygen atoms in total. The van der Waals surface area contributed by atoms with Crippen LogP contribution in [0.4, 0.5) is 14.5 Å². The molecule has 0 unspecified atom stereocenters. The summed E-state index contributed by atoms with van der Waals surface area (Å²) in [6.07, 6.45) is -2.44. The highest BCUT2D eigenvalue weighted by molar-refractivity contribution is 5.46. The maximum atomic E-state index is 11.8. The predicted molar refractivity (Wildman–Crippen MR) is 50.3 cm³/mol. The van der Waals surface area contributed by atoms with E-state index in [4.69, 9.17) is 5.26 Å². The summed E-state index contributed by atoms with van der Waals surface area (Å²) in [6.45, 7) is 0.240. The van der Waals surface area contributed by atoms with Gasteiger partial charge in [0.05, 0.1) is 11.6 Å². The van der Waals surface area contributed by atoms with Crippen molar-refractivity contribution >= 4 is 5.69 Å². The van der Waals surface area contributed by atoms with Crippen molar-refractivity contribution in [2.45, 2.75) is 12.8 Å². The molecule has 0 amide bonds. The van der Waals surface area contributed by atoms with Crippen molar-refractivity contribution < 1.29 is 8.78 Å². The van der Waals surface area contributed by atoms with Crippen LogP contribution in [0.25, 0.3) is 0 Å². The van der Waals surface area contributed by atoms with Gasteiger partial charge in [-0.2, -0.15) is 5.26 Å². The Morgan fingerprint density at radius 1 is 1.29 bits per heavy atom. The Hall–Kier alpha value is -1.63. The topological polar surface area (TPSA) is 35.8 Å². The Balaban J connectivity index is 2.41. The number of rotatable bonds is 4. The summed E-state index contributed by atoms with van der Waals surface area (Å²) in [5, 5.41) is 11.3. The Bertz CT molecular complexity index is 314. The van der Waals surface area contributed by atoms with Gasteiger partial charge in [-0.3, -0.25) is 0 Å². The Morgan fingerprint density at radius 2 is 1.93 bits per heavy atom. The summed E-state index contributed by atoms with van der Waals surface area (Å²) >= 11 is 0. The third kappa shape index (κ3) is 3.40. The zero-order valence-corrected chi connectivity index (χ0v) is 7.50. The van der Waals surface area contributed by atoms with Gasteiger partial charge in [-0.25, -0.2) is 8.78 Å². The van der Waals surface area contributed by atoms with Crippen molar-refractivity contribution in [1.82, 2.24) is 0 Å². The van der Waals surface area contributed by atoms with Crippen LogP contribution in [0.2, 0.25) is 0 Å². The van der Waals surface area contributed by atoms with Crippen LogP contribution in [0.1, 0.15) is 12.0 Å². The molecule has 74 valence electrons. The fourth-order valence-corrected chi connectivity index (χ4v) is 0.988. The van der Waals surface area contributed by atoms with Crippen molar-refractivity contribution in [1.29, 1.82) is 5.26 Å². The number of nitrogens with zero attached hydrogens (tertiary/aromatic N) is 1. The minimum atomic E-state index is -2.28. The lowest BCUT2D eigenvalue weighted by Crippen LogP contribution is -2.05. The molecule has 0 radical (unpaired) electrons. The number of nitriles is 1. The Morgan fingerprint density at radius 3 is 2.43 bits per heavy atom. The minimum Gasteiger partial charge on any atom is -0.385 e. The minimum absolute atomic E-state index is 0.167. The molecule has 0 aliphatic rings. The van der Waals surface area contributed by atoms with Crippen LogP contribution < -0.4 is 5.32 Å². The molecule has 0 aliphatic heterocycles. The van der Waals surface area contributed by atoms with E-state index < -0.39 is 6.43 Å². The molecule has 14 heavy (non-hydrogen) atoms. The van der Waals surface area contributed by atoms with E-state index in [0.29, 0.717) is 5.56 Å². The molecule has 1 aromatic carbocycles. The number of anilines is 1. The highest BCUT2D eigenvalue weighted by Gasteiger charge is 2.00. The van der Waals surface area contributed by atoms with Crippen LogP contribution in [0.15, 0.2) is 24.3 Å². The summed E-state index contributed by atoms with van der Waals surface area (Å²) in [5.41, 5.74) is 1.31. The molecule has 0 aromatic heterocycles. The summed E-state index contributed by atoms with van der Waals surface area (Å²) in [6, 6.07) is 8.66. The second-order valence-electron chi connectivity index (χ2n) is 2.80. The van der Waals surface area contributed by atoms with E-state index in [1.54, 1.807) is 24.3 Å². The molecule has 0 saturated heterocycles. The van der Waals surface area contributed by atoms with E-state index in [0.717, 1.165) is 5.69 Å². The van der Waals surface area contributed by atoms with E-state index in [1.165, 1.54) is 0 Å². The van der Waals surface area contributed by atoms with Gasteiger partial charge in [-0.15, -0.1) is 0 Å². The number of alkyl halides is 2. The van der Waals surface area contributed by atoms with Crippen molar-refractivity contribution in [3.8, 4) is 6.07 Å². The second kappa shape index (κ2) is 5.18. The summed E-state index contributed by atoms with van der Waals surface area (Å²) in [4.78, 5) is 0. The SMILES string of the molecule is N#Cc1ccc(NCCC(F)F)cc1. The first-order chi connectivity index (χ1) is 6.72. The predicted octanol–water partition coefficient (Wildman–Crippen LogP) is 2.63. The van der Waals surface area contributed by atoms with Crippen molar-refractivity contribution in [2.24, 2.45) is 0 Å². The molecule has 0 bridgehead atoms. The lowest BCUT2D eigenvalue weighted by molar-refractivity contribution is 0.142. The van der Waals surface area contributed by atoms with Crippen molar-refractivity contribution in [2.75, 3.05) is 11.9 Å². The van der Waals surface area contributed by atoms with Crippen molar-refractivity contribution in [3.05, 3.63) is 29.8 Å². The summed E-state index contributed by atoms with van der Waals surface area (Å²) in [5.74, 6) is 0. The molecular formula is C10H10F2N2. The van der Waals surface area contributed by atoms with Gasteiger partial charge in [-0.1, -0.05) is 0 Å². The molecule has 1 N–H and O–H groups in total. The Labute approximate surface area is 81.2 Å². The fourth-order valence-electron chi connectivity index (χ4n) is 0.988. The molecule has 4 heteroatoms. The van der Waals surface area contributed by atoms with E-state index >= 15 is 0 Å². The number of benzene rings is 1. The molecule has 0 spiro atoms. The fraction of sp³-hybridized carbons (Fsp3) is 0.300. The standard InChI is InChI=1S/C10H10F2N2/c11-10(12)5-6-14-9-3-1-8(7-13)2-4-9/h1-4,10,14H,5-6H2. The maximum Gasteiger partial charge on any atom is 0.240 e. The van der Waals surface area contributed by atoms with Gasteiger partial charge < -0.3 is 5.32 Å². The average molecular weight is 196 g/mol. The van der Waals surface area contributed by atoms with Gasteiger partial charge in [0.1, 0.15) is 0 Å². The summed E-state index contributed by atoms with van der Waals surface area (Å²) < 4.78 is 23.5. The lowest BCUT2D eigenvalue weighted by Gasteiger charge is -2.05. The number of hydrogen-bond acceptors (Lipinski definition) is 2. The van der Waals surface area contributed by atoms with Gasteiger partial charge in [0.15, 0.2) is 0 Å². The first kappa shape index (κ1) is 10.5. The van der Waals surface area contributed by atoms with E-state index in [2.05, 4.69) is 5.32 Å². The summed E-state index contributed by atoms with van der Waals surface area (Å²) in [7, 11) is 0. The molecule has 0 saturated carbocycles. The molecule has 0 fully saturated rings. The van der Waals surface area contributed by atoms with E-state index in [1.807, 2.05) is 6.07 Å². The number of halogens is 2. The smallest absolute Gasteiger partial charge is 0.240 e. The van der Waals surface area contributed by atoms with Gasteiger partial charge in [-0.05, 0) is 24.3 Å². The normalized spacial score (nSPS) is 9.86. The molecule has 1 rings (SSSR count). The highest BCUT2D eigenvalue weighted by atomic mass is 19.3. The van der Waals surface area contributed by atoms with Crippen LogP contribution in [-0.2, 0) is 0 Å². The van der Waals surface area contributed by atoms with Crippen molar-refractivity contribution in [3.63, 3.8) is 0 Å². The van der Waals surface area contributed by atoms with Crippen LogP contribution >= 0.6 is 0 Å². The molecule has 0 aliphatic carbocycles. The number of hydrogen-bond donors (Lipinski definition) is 1. The van der Waals surface area contributed by atoms with Crippen LogP contribution in [0.3, 0.4) is 0 Å². The van der Waals surface area contributed by atoms with E-state index in [-0.39, 0.29) is 13.0 Å². The molecule has 0 atom stereocenters. The molecule has 0 heterocycles. The second-order valence-corrected chi connectivity index (χ2v) is 2.80.